The highest BCUT2D eigenvalue weighted by Crippen LogP contribution is 2.27. The van der Waals surface area contributed by atoms with E-state index in [9.17, 15) is 4.79 Å². The molecule has 0 spiro atoms. The van der Waals surface area contributed by atoms with Crippen molar-refractivity contribution < 1.29 is 14.3 Å². The first-order valence-corrected chi connectivity index (χ1v) is 6.67. The Morgan fingerprint density at radius 3 is 2.89 bits per heavy atom. The minimum absolute atomic E-state index is 0.204. The molecule has 2 rings (SSSR count). The lowest BCUT2D eigenvalue weighted by molar-refractivity contribution is -0.139. The summed E-state index contributed by atoms with van der Waals surface area (Å²) in [5, 5.41) is 3.35. The first kappa shape index (κ1) is 13.9. The molecule has 19 heavy (non-hydrogen) atoms. The second-order valence-corrected chi connectivity index (χ2v) is 5.19. The number of methoxy groups -OCH3 is 1. The van der Waals surface area contributed by atoms with Crippen molar-refractivity contribution in [3.63, 3.8) is 0 Å². The van der Waals surface area contributed by atoms with Crippen LogP contribution in [0.5, 0.6) is 5.75 Å². The minimum atomic E-state index is -0.247. The van der Waals surface area contributed by atoms with Gasteiger partial charge in [0.05, 0.1) is 13.5 Å². The fourth-order valence-electron chi connectivity index (χ4n) is 2.36. The van der Waals surface area contributed by atoms with Crippen molar-refractivity contribution in [2.75, 3.05) is 20.2 Å². The molecule has 0 bridgehead atoms. The molecule has 1 aromatic carbocycles. The summed E-state index contributed by atoms with van der Waals surface area (Å²) in [7, 11) is 1.40. The zero-order valence-electron chi connectivity index (χ0n) is 11.6. The van der Waals surface area contributed by atoms with Crippen LogP contribution in [0, 0.1) is 0 Å². The summed E-state index contributed by atoms with van der Waals surface area (Å²) in [5.41, 5.74) is 0.672. The molecule has 1 aliphatic rings. The third-order valence-electron chi connectivity index (χ3n) is 3.45. The molecule has 1 aromatic rings. The lowest BCUT2D eigenvalue weighted by atomic mass is 9.96. The van der Waals surface area contributed by atoms with E-state index >= 15 is 0 Å². The number of ether oxygens (including phenoxy) is 2. The number of benzene rings is 1. The topological polar surface area (TPSA) is 47.6 Å². The number of piperidine rings is 1. The second kappa shape index (κ2) is 6.06. The first-order valence-electron chi connectivity index (χ1n) is 6.67. The SMILES string of the molecule is COC(=O)Cc1ccccc1OC1(C)CCCNC1. The highest BCUT2D eigenvalue weighted by atomic mass is 16.5. The molecule has 1 saturated heterocycles. The molecular formula is C15H21NO3. The van der Waals surface area contributed by atoms with Crippen molar-refractivity contribution in [3.8, 4) is 5.75 Å². The van der Waals surface area contributed by atoms with Crippen molar-refractivity contribution in [1.82, 2.24) is 5.32 Å². The van der Waals surface area contributed by atoms with Gasteiger partial charge in [0, 0.05) is 12.1 Å². The Kier molecular flexibility index (Phi) is 4.43. The first-order chi connectivity index (χ1) is 9.13. The van der Waals surface area contributed by atoms with Gasteiger partial charge in [0.2, 0.25) is 0 Å². The quantitative estimate of drug-likeness (QED) is 0.843. The van der Waals surface area contributed by atoms with Gasteiger partial charge in [-0.3, -0.25) is 4.79 Å². The van der Waals surface area contributed by atoms with Crippen LogP contribution >= 0.6 is 0 Å². The average Bonchev–Trinajstić information content (AvgIpc) is 2.41. The number of carbonyl (C=O) groups excluding carboxylic acids is 1. The summed E-state index contributed by atoms with van der Waals surface area (Å²) in [6.45, 7) is 3.98. The van der Waals surface area contributed by atoms with Gasteiger partial charge in [-0.25, -0.2) is 0 Å². The number of carbonyl (C=O) groups is 1. The van der Waals surface area contributed by atoms with Crippen LogP contribution < -0.4 is 10.1 Å². The normalized spacial score (nSPS) is 22.8. The van der Waals surface area contributed by atoms with Gasteiger partial charge in [0.1, 0.15) is 11.4 Å². The monoisotopic (exact) mass is 263 g/mol. The molecule has 1 N–H and O–H groups in total. The summed E-state index contributed by atoms with van der Waals surface area (Å²) in [6.07, 6.45) is 2.37. The smallest absolute Gasteiger partial charge is 0.310 e. The van der Waals surface area contributed by atoms with E-state index in [1.165, 1.54) is 7.11 Å². The molecule has 0 radical (unpaired) electrons. The van der Waals surface area contributed by atoms with Crippen molar-refractivity contribution >= 4 is 5.97 Å². The van der Waals surface area contributed by atoms with E-state index in [4.69, 9.17) is 9.47 Å². The molecule has 0 amide bonds. The summed E-state index contributed by atoms with van der Waals surface area (Å²) < 4.78 is 10.9. The average molecular weight is 263 g/mol. The molecule has 1 atom stereocenters. The Hall–Kier alpha value is -1.55. The zero-order chi connectivity index (χ0) is 13.7. The maximum Gasteiger partial charge on any atom is 0.310 e. The van der Waals surface area contributed by atoms with E-state index in [1.54, 1.807) is 0 Å². The Balaban J connectivity index is 2.12. The lowest BCUT2D eigenvalue weighted by Gasteiger charge is -2.35. The van der Waals surface area contributed by atoms with Gasteiger partial charge in [0.25, 0.3) is 0 Å². The summed E-state index contributed by atoms with van der Waals surface area (Å²) >= 11 is 0. The molecule has 4 heteroatoms. The molecule has 1 heterocycles. The molecule has 0 aliphatic carbocycles. The number of rotatable bonds is 4. The van der Waals surface area contributed by atoms with Gasteiger partial charge in [0.15, 0.2) is 0 Å². The highest BCUT2D eigenvalue weighted by molar-refractivity contribution is 5.73. The van der Waals surface area contributed by atoms with Crippen molar-refractivity contribution in [3.05, 3.63) is 29.8 Å². The van der Waals surface area contributed by atoms with E-state index in [0.717, 1.165) is 37.2 Å². The van der Waals surface area contributed by atoms with E-state index < -0.39 is 0 Å². The molecule has 1 fully saturated rings. The van der Waals surface area contributed by atoms with Crippen LogP contribution in [0.3, 0.4) is 0 Å². The predicted octanol–water partition coefficient (Wildman–Crippen LogP) is 1.92. The van der Waals surface area contributed by atoms with Crippen LogP contribution in [-0.4, -0.2) is 31.8 Å². The molecule has 1 unspecified atom stereocenters. The van der Waals surface area contributed by atoms with Crippen molar-refractivity contribution in [2.24, 2.45) is 0 Å². The number of hydrogen-bond acceptors (Lipinski definition) is 4. The third kappa shape index (κ3) is 3.70. The molecule has 104 valence electrons. The van der Waals surface area contributed by atoms with Crippen LogP contribution in [0.15, 0.2) is 24.3 Å². The molecule has 4 nitrogen and oxygen atoms in total. The van der Waals surface area contributed by atoms with Gasteiger partial charge in [-0.05, 0) is 32.4 Å². The fraction of sp³-hybridized carbons (Fsp3) is 0.533. The van der Waals surface area contributed by atoms with Crippen LogP contribution in [0.1, 0.15) is 25.3 Å². The Morgan fingerprint density at radius 2 is 2.21 bits per heavy atom. The van der Waals surface area contributed by atoms with Crippen molar-refractivity contribution in [2.45, 2.75) is 31.8 Å². The molecular weight excluding hydrogens is 242 g/mol. The van der Waals surface area contributed by atoms with E-state index in [0.29, 0.717) is 0 Å². The highest BCUT2D eigenvalue weighted by Gasteiger charge is 2.29. The van der Waals surface area contributed by atoms with Gasteiger partial charge < -0.3 is 14.8 Å². The van der Waals surface area contributed by atoms with Crippen LogP contribution in [0.25, 0.3) is 0 Å². The van der Waals surface area contributed by atoms with Gasteiger partial charge in [-0.1, -0.05) is 18.2 Å². The van der Waals surface area contributed by atoms with Crippen molar-refractivity contribution in [1.29, 1.82) is 0 Å². The Labute approximate surface area is 114 Å². The maximum atomic E-state index is 11.4. The van der Waals surface area contributed by atoms with Crippen LogP contribution in [0.4, 0.5) is 0 Å². The predicted molar refractivity (Wildman–Crippen MR) is 73.3 cm³/mol. The Bertz CT molecular complexity index is 439. The van der Waals surface area contributed by atoms with Gasteiger partial charge in [-0.2, -0.15) is 0 Å². The van der Waals surface area contributed by atoms with Gasteiger partial charge in [-0.15, -0.1) is 0 Å². The van der Waals surface area contributed by atoms with E-state index in [1.807, 2.05) is 24.3 Å². The van der Waals surface area contributed by atoms with Crippen LogP contribution in [0.2, 0.25) is 0 Å². The van der Waals surface area contributed by atoms with E-state index in [2.05, 4.69) is 12.2 Å². The minimum Gasteiger partial charge on any atom is -0.486 e. The number of hydrogen-bond donors (Lipinski definition) is 1. The Morgan fingerprint density at radius 1 is 1.42 bits per heavy atom. The number of esters is 1. The molecule has 1 aliphatic heterocycles. The van der Waals surface area contributed by atoms with E-state index in [-0.39, 0.29) is 18.0 Å². The maximum absolute atomic E-state index is 11.4. The largest absolute Gasteiger partial charge is 0.486 e. The number of para-hydroxylation sites is 1. The lowest BCUT2D eigenvalue weighted by Crippen LogP contribution is -2.47. The summed E-state index contributed by atoms with van der Waals surface area (Å²) in [6, 6.07) is 7.66. The third-order valence-corrected chi connectivity index (χ3v) is 3.45. The fourth-order valence-corrected chi connectivity index (χ4v) is 2.36. The zero-order valence-corrected chi connectivity index (χ0v) is 11.6. The molecule has 0 aromatic heterocycles. The standard InChI is InChI=1S/C15H21NO3/c1-15(8-5-9-16-11-15)19-13-7-4-3-6-12(13)10-14(17)18-2/h3-4,6-7,16H,5,8-11H2,1-2H3. The van der Waals surface area contributed by atoms with Crippen LogP contribution in [-0.2, 0) is 16.0 Å². The molecule has 0 saturated carbocycles. The second-order valence-electron chi connectivity index (χ2n) is 5.19. The summed E-state index contributed by atoms with van der Waals surface area (Å²) in [4.78, 5) is 11.4. The number of nitrogens with one attached hydrogen (secondary N) is 1. The summed E-state index contributed by atoms with van der Waals surface area (Å²) in [5.74, 6) is 0.530. The van der Waals surface area contributed by atoms with Gasteiger partial charge >= 0.3 is 5.97 Å².